The Morgan fingerprint density at radius 1 is 1.50 bits per heavy atom. The molecule has 0 spiro atoms. The second kappa shape index (κ2) is 5.06. The Labute approximate surface area is 107 Å². The van der Waals surface area contributed by atoms with Crippen LogP contribution in [0, 0.1) is 0 Å². The van der Waals surface area contributed by atoms with Gasteiger partial charge in [-0.1, -0.05) is 0 Å². The Morgan fingerprint density at radius 2 is 2.28 bits per heavy atom. The van der Waals surface area contributed by atoms with Crippen molar-refractivity contribution in [3.63, 3.8) is 0 Å². The van der Waals surface area contributed by atoms with Crippen LogP contribution in [0.5, 0.6) is 5.75 Å². The Bertz CT molecular complexity index is 528. The second-order valence-corrected chi connectivity index (χ2v) is 6.87. The topological polar surface area (TPSA) is 81.4 Å². The highest BCUT2D eigenvalue weighted by molar-refractivity contribution is 7.92. The smallest absolute Gasteiger partial charge is 0.154 e. The van der Waals surface area contributed by atoms with Gasteiger partial charge in [0, 0.05) is 12.6 Å². The molecule has 1 aromatic carbocycles. The molecule has 0 radical (unpaired) electrons. The van der Waals surface area contributed by atoms with Gasteiger partial charge in [-0.25, -0.2) is 8.42 Å². The van der Waals surface area contributed by atoms with E-state index < -0.39 is 9.84 Å². The van der Waals surface area contributed by atoms with E-state index in [2.05, 4.69) is 5.32 Å². The third-order valence-corrected chi connectivity index (χ3v) is 5.52. The molecule has 1 unspecified atom stereocenters. The van der Waals surface area contributed by atoms with E-state index in [9.17, 15) is 8.42 Å². The molecule has 0 aliphatic carbocycles. The van der Waals surface area contributed by atoms with Crippen molar-refractivity contribution in [2.24, 2.45) is 0 Å². The van der Waals surface area contributed by atoms with E-state index in [1.165, 1.54) is 0 Å². The van der Waals surface area contributed by atoms with Gasteiger partial charge in [-0.15, -0.1) is 0 Å². The molecule has 0 amide bonds. The Morgan fingerprint density at radius 3 is 2.89 bits per heavy atom. The van der Waals surface area contributed by atoms with Crippen LogP contribution in [-0.4, -0.2) is 33.1 Å². The summed E-state index contributed by atoms with van der Waals surface area (Å²) < 4.78 is 28.5. The maximum absolute atomic E-state index is 11.7. The van der Waals surface area contributed by atoms with Crippen molar-refractivity contribution < 1.29 is 13.2 Å². The van der Waals surface area contributed by atoms with Gasteiger partial charge >= 0.3 is 0 Å². The first-order valence-electron chi connectivity index (χ1n) is 5.92. The van der Waals surface area contributed by atoms with E-state index in [4.69, 9.17) is 10.5 Å². The maximum Gasteiger partial charge on any atom is 0.154 e. The number of rotatable bonds is 4. The van der Waals surface area contributed by atoms with E-state index in [-0.39, 0.29) is 5.25 Å². The van der Waals surface area contributed by atoms with Crippen molar-refractivity contribution in [2.45, 2.75) is 18.1 Å². The van der Waals surface area contributed by atoms with Gasteiger partial charge in [-0.05, 0) is 25.0 Å². The largest absolute Gasteiger partial charge is 0.497 e. The Hall–Kier alpha value is -1.43. The van der Waals surface area contributed by atoms with E-state index in [1.807, 2.05) is 0 Å². The third kappa shape index (κ3) is 2.69. The number of sulfone groups is 1. The first kappa shape index (κ1) is 13.0. The van der Waals surface area contributed by atoms with Crippen molar-refractivity contribution in [2.75, 3.05) is 30.5 Å². The molecule has 1 aliphatic rings. The van der Waals surface area contributed by atoms with Crippen LogP contribution < -0.4 is 15.8 Å². The van der Waals surface area contributed by atoms with E-state index >= 15 is 0 Å². The number of ether oxygens (including phenoxy) is 1. The third-order valence-electron chi connectivity index (χ3n) is 3.24. The summed E-state index contributed by atoms with van der Waals surface area (Å²) in [6.45, 7) is 0.402. The molecule has 0 aromatic heterocycles. The Kier molecular flexibility index (Phi) is 3.65. The van der Waals surface area contributed by atoms with Crippen LogP contribution in [0.15, 0.2) is 18.2 Å². The minimum atomic E-state index is -2.92. The summed E-state index contributed by atoms with van der Waals surface area (Å²) in [5.41, 5.74) is 7.14. The van der Waals surface area contributed by atoms with Crippen LogP contribution >= 0.6 is 0 Å². The number of nitrogens with two attached hydrogens (primary N) is 1. The van der Waals surface area contributed by atoms with E-state index in [0.717, 1.165) is 18.5 Å². The van der Waals surface area contributed by atoms with Gasteiger partial charge in [0.05, 0.1) is 29.5 Å². The van der Waals surface area contributed by atoms with Gasteiger partial charge in [-0.3, -0.25) is 0 Å². The van der Waals surface area contributed by atoms with Crippen molar-refractivity contribution in [3.8, 4) is 5.75 Å². The van der Waals surface area contributed by atoms with Gasteiger partial charge in [0.1, 0.15) is 5.75 Å². The number of hydrogen-bond donors (Lipinski definition) is 2. The van der Waals surface area contributed by atoms with Crippen molar-refractivity contribution in [3.05, 3.63) is 18.2 Å². The fourth-order valence-corrected chi connectivity index (χ4v) is 3.89. The molecule has 0 saturated carbocycles. The summed E-state index contributed by atoms with van der Waals surface area (Å²) in [4.78, 5) is 0. The number of methoxy groups -OCH3 is 1. The lowest BCUT2D eigenvalue weighted by atomic mass is 10.2. The quantitative estimate of drug-likeness (QED) is 0.805. The first-order valence-corrected chi connectivity index (χ1v) is 7.63. The summed E-state index contributed by atoms with van der Waals surface area (Å²) in [5, 5.41) is 2.80. The minimum absolute atomic E-state index is 0.299. The fourth-order valence-electron chi connectivity index (χ4n) is 2.13. The van der Waals surface area contributed by atoms with Crippen LogP contribution in [0.1, 0.15) is 12.8 Å². The summed E-state index contributed by atoms with van der Waals surface area (Å²) in [6.07, 6.45) is 1.47. The predicted octanol–water partition coefficient (Wildman–Crippen LogP) is 1.27. The van der Waals surface area contributed by atoms with Gasteiger partial charge in [0.25, 0.3) is 0 Å². The molecule has 0 bridgehead atoms. The molecule has 2 rings (SSSR count). The zero-order valence-electron chi connectivity index (χ0n) is 10.3. The lowest BCUT2D eigenvalue weighted by Crippen LogP contribution is -2.25. The van der Waals surface area contributed by atoms with Crippen molar-refractivity contribution in [1.29, 1.82) is 0 Å². The molecular formula is C12H18N2O3S. The second-order valence-electron chi connectivity index (χ2n) is 4.47. The van der Waals surface area contributed by atoms with Gasteiger partial charge in [-0.2, -0.15) is 0 Å². The molecular weight excluding hydrogens is 252 g/mol. The molecule has 100 valence electrons. The predicted molar refractivity (Wildman–Crippen MR) is 72.7 cm³/mol. The number of nitrogens with one attached hydrogen (secondary N) is 1. The van der Waals surface area contributed by atoms with Gasteiger partial charge in [0.15, 0.2) is 9.84 Å². The number of nitrogen functional groups attached to an aromatic ring is 1. The molecule has 1 heterocycles. The zero-order chi connectivity index (χ0) is 13.2. The van der Waals surface area contributed by atoms with Crippen LogP contribution in [-0.2, 0) is 9.84 Å². The molecule has 1 aliphatic heterocycles. The summed E-state index contributed by atoms with van der Waals surface area (Å²) >= 11 is 0. The lowest BCUT2D eigenvalue weighted by Gasteiger charge is -2.14. The maximum atomic E-state index is 11.7. The van der Waals surface area contributed by atoms with Crippen LogP contribution in [0.25, 0.3) is 0 Å². The zero-order valence-corrected chi connectivity index (χ0v) is 11.2. The fraction of sp³-hybridized carbons (Fsp3) is 0.500. The van der Waals surface area contributed by atoms with Crippen molar-refractivity contribution in [1.82, 2.24) is 0 Å². The first-order chi connectivity index (χ1) is 8.53. The average molecular weight is 270 g/mol. The summed E-state index contributed by atoms with van der Waals surface area (Å²) in [7, 11) is -1.34. The normalized spacial score (nSPS) is 21.7. The number of hydrogen-bond acceptors (Lipinski definition) is 5. The van der Waals surface area contributed by atoms with Crippen LogP contribution in [0.2, 0.25) is 0 Å². The van der Waals surface area contributed by atoms with E-state index in [0.29, 0.717) is 23.7 Å². The minimum Gasteiger partial charge on any atom is -0.497 e. The monoisotopic (exact) mass is 270 g/mol. The van der Waals surface area contributed by atoms with Crippen LogP contribution in [0.4, 0.5) is 11.4 Å². The molecule has 1 saturated heterocycles. The highest BCUT2D eigenvalue weighted by Crippen LogP contribution is 2.26. The molecule has 18 heavy (non-hydrogen) atoms. The molecule has 5 nitrogen and oxygen atoms in total. The highest BCUT2D eigenvalue weighted by atomic mass is 32.2. The highest BCUT2D eigenvalue weighted by Gasteiger charge is 2.30. The van der Waals surface area contributed by atoms with Crippen molar-refractivity contribution >= 4 is 21.2 Å². The van der Waals surface area contributed by atoms with Crippen LogP contribution in [0.3, 0.4) is 0 Å². The SMILES string of the molecule is COc1ccc(N)c(NCC2CCCS2(=O)=O)c1. The summed E-state index contributed by atoms with van der Waals surface area (Å²) in [6, 6.07) is 5.29. The molecule has 1 fully saturated rings. The van der Waals surface area contributed by atoms with E-state index in [1.54, 1.807) is 25.3 Å². The molecule has 3 N–H and O–H groups in total. The standard InChI is InChI=1S/C12H18N2O3S/c1-17-9-4-5-11(13)12(7-9)14-8-10-3-2-6-18(10,15)16/h4-5,7,10,14H,2-3,6,8,13H2,1H3. The van der Waals surface area contributed by atoms with Gasteiger partial charge in [0.2, 0.25) is 0 Å². The molecule has 1 atom stereocenters. The summed E-state index contributed by atoms with van der Waals surface area (Å²) in [5.74, 6) is 0.994. The molecule has 6 heteroatoms. The van der Waals surface area contributed by atoms with Gasteiger partial charge < -0.3 is 15.8 Å². The average Bonchev–Trinajstić information content (AvgIpc) is 2.67. The lowest BCUT2D eigenvalue weighted by molar-refractivity contribution is 0.415. The Balaban J connectivity index is 2.06. The molecule has 1 aromatic rings. The number of benzene rings is 1. The number of anilines is 2.